The lowest BCUT2D eigenvalue weighted by Crippen LogP contribution is -2.38. The SMILES string of the molecule is [NH]C1(C(=O)Cc2ccccc2)CCCC1. The molecule has 0 heterocycles. The van der Waals surface area contributed by atoms with Gasteiger partial charge in [-0.2, -0.15) is 0 Å². The van der Waals surface area contributed by atoms with Gasteiger partial charge in [-0.1, -0.05) is 43.2 Å². The molecule has 1 aliphatic carbocycles. The van der Waals surface area contributed by atoms with Gasteiger partial charge >= 0.3 is 0 Å². The van der Waals surface area contributed by atoms with Gasteiger partial charge in [-0.05, 0) is 18.4 Å². The Hall–Kier alpha value is -1.15. The van der Waals surface area contributed by atoms with E-state index >= 15 is 0 Å². The highest BCUT2D eigenvalue weighted by atomic mass is 16.1. The Morgan fingerprint density at radius 3 is 2.40 bits per heavy atom. The molecular weight excluding hydrogens is 186 g/mol. The molecule has 1 aromatic carbocycles. The predicted octanol–water partition coefficient (Wildman–Crippen LogP) is 2.39. The molecule has 0 atom stereocenters. The van der Waals surface area contributed by atoms with Crippen LogP contribution in [0, 0.1) is 0 Å². The van der Waals surface area contributed by atoms with Gasteiger partial charge in [-0.25, -0.2) is 5.73 Å². The quantitative estimate of drug-likeness (QED) is 0.742. The van der Waals surface area contributed by atoms with Gasteiger partial charge in [0.25, 0.3) is 0 Å². The van der Waals surface area contributed by atoms with Crippen molar-refractivity contribution in [3.8, 4) is 0 Å². The number of rotatable bonds is 3. The van der Waals surface area contributed by atoms with Crippen LogP contribution in [-0.4, -0.2) is 11.3 Å². The normalized spacial score (nSPS) is 19.0. The molecule has 1 radical (unpaired) electrons. The fourth-order valence-electron chi connectivity index (χ4n) is 2.21. The van der Waals surface area contributed by atoms with E-state index in [4.69, 9.17) is 5.73 Å². The van der Waals surface area contributed by atoms with Gasteiger partial charge in [0.2, 0.25) is 0 Å². The van der Waals surface area contributed by atoms with Gasteiger partial charge in [-0.15, -0.1) is 0 Å². The van der Waals surface area contributed by atoms with Crippen LogP contribution in [0.2, 0.25) is 0 Å². The van der Waals surface area contributed by atoms with Gasteiger partial charge in [0.05, 0.1) is 5.54 Å². The van der Waals surface area contributed by atoms with Crippen molar-refractivity contribution in [3.63, 3.8) is 0 Å². The lowest BCUT2D eigenvalue weighted by Gasteiger charge is -2.20. The molecule has 0 aromatic heterocycles. The lowest BCUT2D eigenvalue weighted by molar-refractivity contribution is -0.123. The number of Topliss-reactive ketones (excluding diaryl/α,β-unsaturated/α-hetero) is 1. The van der Waals surface area contributed by atoms with E-state index < -0.39 is 5.54 Å². The first-order valence-corrected chi connectivity index (χ1v) is 5.53. The van der Waals surface area contributed by atoms with Crippen LogP contribution in [0.4, 0.5) is 0 Å². The van der Waals surface area contributed by atoms with Crippen molar-refractivity contribution < 1.29 is 4.79 Å². The molecule has 0 unspecified atom stereocenters. The summed E-state index contributed by atoms with van der Waals surface area (Å²) in [5.74, 6) is 0.0891. The van der Waals surface area contributed by atoms with E-state index in [0.717, 1.165) is 31.2 Å². The second kappa shape index (κ2) is 4.15. The first-order chi connectivity index (χ1) is 7.21. The minimum absolute atomic E-state index is 0.0891. The van der Waals surface area contributed by atoms with Crippen molar-refractivity contribution in [2.75, 3.05) is 0 Å². The highest BCUT2D eigenvalue weighted by Gasteiger charge is 2.37. The van der Waals surface area contributed by atoms with Crippen molar-refractivity contribution in [1.82, 2.24) is 5.73 Å². The molecule has 0 bridgehead atoms. The molecule has 0 amide bonds. The molecule has 79 valence electrons. The van der Waals surface area contributed by atoms with Crippen LogP contribution in [0.1, 0.15) is 31.2 Å². The standard InChI is InChI=1S/C13H16NO/c14-13(8-4-5-9-13)12(15)10-11-6-2-1-3-7-11/h1-3,6-7,14H,4-5,8-10H2. The molecule has 2 heteroatoms. The van der Waals surface area contributed by atoms with Crippen LogP contribution in [0.5, 0.6) is 0 Å². The first-order valence-electron chi connectivity index (χ1n) is 5.53. The summed E-state index contributed by atoms with van der Waals surface area (Å²) in [7, 11) is 0. The van der Waals surface area contributed by atoms with Gasteiger partial charge < -0.3 is 0 Å². The molecule has 2 nitrogen and oxygen atoms in total. The first kappa shape index (κ1) is 10.4. The summed E-state index contributed by atoms with van der Waals surface area (Å²) in [5.41, 5.74) is 8.33. The molecule has 1 aliphatic rings. The van der Waals surface area contributed by atoms with Gasteiger partial charge in [0.15, 0.2) is 5.78 Å². The van der Waals surface area contributed by atoms with E-state index in [1.165, 1.54) is 0 Å². The van der Waals surface area contributed by atoms with Crippen LogP contribution in [0.3, 0.4) is 0 Å². The molecule has 1 fully saturated rings. The van der Waals surface area contributed by atoms with Gasteiger partial charge in [0, 0.05) is 6.42 Å². The molecule has 1 N–H and O–H groups in total. The highest BCUT2D eigenvalue weighted by molar-refractivity contribution is 5.90. The van der Waals surface area contributed by atoms with Gasteiger partial charge in [-0.3, -0.25) is 4.79 Å². The highest BCUT2D eigenvalue weighted by Crippen LogP contribution is 2.30. The summed E-state index contributed by atoms with van der Waals surface area (Å²) in [6.07, 6.45) is 3.98. The second-order valence-corrected chi connectivity index (χ2v) is 4.37. The van der Waals surface area contributed by atoms with Crippen molar-refractivity contribution in [2.24, 2.45) is 0 Å². The Labute approximate surface area is 90.5 Å². The maximum atomic E-state index is 11.9. The molecule has 0 saturated heterocycles. The third-order valence-corrected chi connectivity index (χ3v) is 3.20. The Kier molecular flexibility index (Phi) is 2.87. The summed E-state index contributed by atoms with van der Waals surface area (Å²) in [6, 6.07) is 9.73. The number of nitrogens with one attached hydrogen (secondary N) is 1. The van der Waals surface area contributed by atoms with E-state index in [0.29, 0.717) is 6.42 Å². The average Bonchev–Trinajstić information content (AvgIpc) is 2.68. The molecule has 1 aromatic rings. The Bertz CT molecular complexity index is 339. The largest absolute Gasteiger partial charge is 0.297 e. The number of carbonyl (C=O) groups is 1. The third-order valence-electron chi connectivity index (χ3n) is 3.20. The summed E-state index contributed by atoms with van der Waals surface area (Å²) < 4.78 is 0. The van der Waals surface area contributed by atoms with Crippen LogP contribution in [0.25, 0.3) is 0 Å². The third kappa shape index (κ3) is 2.26. The average molecular weight is 202 g/mol. The molecule has 0 aliphatic heterocycles. The van der Waals surface area contributed by atoms with E-state index in [1.54, 1.807) is 0 Å². The van der Waals surface area contributed by atoms with Crippen molar-refractivity contribution in [2.45, 2.75) is 37.6 Å². The minimum Gasteiger partial charge on any atom is -0.297 e. The van der Waals surface area contributed by atoms with Crippen LogP contribution < -0.4 is 5.73 Å². The van der Waals surface area contributed by atoms with Crippen LogP contribution in [-0.2, 0) is 11.2 Å². The summed E-state index contributed by atoms with van der Waals surface area (Å²) >= 11 is 0. The topological polar surface area (TPSA) is 40.9 Å². The van der Waals surface area contributed by atoms with E-state index in [1.807, 2.05) is 30.3 Å². The van der Waals surface area contributed by atoms with Crippen molar-refractivity contribution >= 4 is 5.78 Å². The molecular formula is C13H16NO. The zero-order chi connectivity index (χ0) is 10.7. The molecule has 2 rings (SSSR count). The van der Waals surface area contributed by atoms with Crippen LogP contribution in [0.15, 0.2) is 30.3 Å². The maximum Gasteiger partial charge on any atom is 0.158 e. The molecule has 1 saturated carbocycles. The van der Waals surface area contributed by atoms with Crippen molar-refractivity contribution in [3.05, 3.63) is 35.9 Å². The number of hydrogen-bond acceptors (Lipinski definition) is 1. The zero-order valence-corrected chi connectivity index (χ0v) is 8.83. The molecule has 0 spiro atoms. The Balaban J connectivity index is 2.04. The van der Waals surface area contributed by atoms with Crippen molar-refractivity contribution in [1.29, 1.82) is 0 Å². The number of hydrogen-bond donors (Lipinski definition) is 0. The van der Waals surface area contributed by atoms with Gasteiger partial charge in [0.1, 0.15) is 0 Å². The fourth-order valence-corrected chi connectivity index (χ4v) is 2.21. The van der Waals surface area contributed by atoms with E-state index in [-0.39, 0.29) is 5.78 Å². The van der Waals surface area contributed by atoms with E-state index in [2.05, 4.69) is 0 Å². The lowest BCUT2D eigenvalue weighted by atomic mass is 9.89. The fraction of sp³-hybridized carbons (Fsp3) is 0.462. The van der Waals surface area contributed by atoms with E-state index in [9.17, 15) is 4.79 Å². The number of ketones is 1. The smallest absolute Gasteiger partial charge is 0.158 e. The number of benzene rings is 1. The number of carbonyl (C=O) groups excluding carboxylic acids is 1. The molecule has 15 heavy (non-hydrogen) atoms. The Morgan fingerprint density at radius 1 is 1.20 bits per heavy atom. The predicted molar refractivity (Wildman–Crippen MR) is 59.4 cm³/mol. The minimum atomic E-state index is -0.782. The zero-order valence-electron chi connectivity index (χ0n) is 8.83. The summed E-state index contributed by atoms with van der Waals surface area (Å²) in [6.45, 7) is 0. The summed E-state index contributed by atoms with van der Waals surface area (Å²) in [4.78, 5) is 11.9. The van der Waals surface area contributed by atoms with Crippen LogP contribution >= 0.6 is 0 Å². The maximum absolute atomic E-state index is 11.9. The summed E-state index contributed by atoms with van der Waals surface area (Å²) in [5, 5.41) is 0. The monoisotopic (exact) mass is 202 g/mol. The Morgan fingerprint density at radius 2 is 1.80 bits per heavy atom. The second-order valence-electron chi connectivity index (χ2n) is 4.37.